The number of nitrogens with zero attached hydrogens (tertiary/aromatic N) is 2. The van der Waals surface area contributed by atoms with E-state index >= 15 is 0 Å². The number of sulfonamides is 1. The quantitative estimate of drug-likeness (QED) is 0.617. The molecule has 1 aliphatic heterocycles. The first-order chi connectivity index (χ1) is 15.2. The molecule has 170 valence electrons. The molecule has 0 amide bonds. The molecule has 1 fully saturated rings. The Hall–Kier alpha value is -2.55. The van der Waals surface area contributed by atoms with Crippen molar-refractivity contribution in [2.75, 3.05) is 26.7 Å². The average Bonchev–Trinajstić information content (AvgIpc) is 2.99. The first-order valence-electron chi connectivity index (χ1n) is 9.40. The molecule has 2 aromatic carbocycles. The Labute approximate surface area is 195 Å². The lowest BCUT2D eigenvalue weighted by molar-refractivity contribution is -0.00388. The number of methoxy groups -OCH3 is 1. The molecule has 0 saturated carbocycles. The number of halogens is 2. The predicted octanol–water partition coefficient (Wildman–Crippen LogP) is 3.75. The van der Waals surface area contributed by atoms with Gasteiger partial charge in [0.25, 0.3) is 0 Å². The third-order valence-corrected chi connectivity index (χ3v) is 6.84. The van der Waals surface area contributed by atoms with Crippen molar-refractivity contribution in [2.24, 2.45) is 0 Å². The van der Waals surface area contributed by atoms with Gasteiger partial charge in [-0.1, -0.05) is 23.2 Å². The fourth-order valence-electron chi connectivity index (χ4n) is 3.07. The van der Waals surface area contributed by atoms with Crippen LogP contribution in [0, 0.1) is 11.3 Å². The Balaban J connectivity index is 2.06. The molecule has 1 atom stereocenters. The van der Waals surface area contributed by atoms with Crippen LogP contribution in [0.5, 0.6) is 11.5 Å². The van der Waals surface area contributed by atoms with Crippen LogP contribution >= 0.6 is 23.2 Å². The van der Waals surface area contributed by atoms with Crippen LogP contribution in [0.1, 0.15) is 12.0 Å². The summed E-state index contributed by atoms with van der Waals surface area (Å²) in [7, 11) is -3.14. The Kier molecular flexibility index (Phi) is 7.82. The minimum Gasteiger partial charge on any atom is -0.456 e. The summed E-state index contributed by atoms with van der Waals surface area (Å²) >= 11 is 12.0. The molecule has 0 bridgehead atoms. The Morgan fingerprint density at radius 3 is 2.59 bits per heavy atom. The van der Waals surface area contributed by atoms with Crippen LogP contribution in [-0.4, -0.2) is 51.9 Å². The number of rotatable bonds is 5. The molecular weight excluding hydrogens is 481 g/mol. The molecule has 1 unspecified atom stereocenters. The Morgan fingerprint density at radius 1 is 1.22 bits per heavy atom. The first kappa shape index (κ1) is 24.1. The zero-order valence-corrected chi connectivity index (χ0v) is 19.2. The van der Waals surface area contributed by atoms with Gasteiger partial charge < -0.3 is 19.5 Å². The molecule has 2 aromatic rings. The van der Waals surface area contributed by atoms with Crippen molar-refractivity contribution in [3.8, 4) is 17.6 Å². The van der Waals surface area contributed by atoms with Gasteiger partial charge in [-0.3, -0.25) is 0 Å². The van der Waals surface area contributed by atoms with Crippen molar-refractivity contribution in [1.29, 1.82) is 5.26 Å². The number of carbonyl (C=O) groups excluding carboxylic acids is 1. The van der Waals surface area contributed by atoms with Crippen LogP contribution in [0.2, 0.25) is 10.0 Å². The normalized spacial score (nSPS) is 17.1. The average molecular weight is 500 g/mol. The minimum atomic E-state index is -4.27. The maximum atomic E-state index is 13.7. The number of carbonyl (C=O) groups is 1. The number of benzene rings is 2. The summed E-state index contributed by atoms with van der Waals surface area (Å²) in [6, 6.07) is 10.4. The van der Waals surface area contributed by atoms with E-state index < -0.39 is 22.4 Å². The molecule has 0 aromatic heterocycles. The highest BCUT2D eigenvalue weighted by atomic mass is 35.5. The van der Waals surface area contributed by atoms with Crippen LogP contribution in [-0.2, 0) is 19.5 Å². The van der Waals surface area contributed by atoms with E-state index in [0.717, 1.165) is 11.4 Å². The second-order valence-corrected chi connectivity index (χ2v) is 9.41. The molecule has 32 heavy (non-hydrogen) atoms. The van der Waals surface area contributed by atoms with E-state index in [4.69, 9.17) is 32.7 Å². The predicted molar refractivity (Wildman–Crippen MR) is 116 cm³/mol. The van der Waals surface area contributed by atoms with E-state index in [2.05, 4.69) is 10.1 Å². The SMILES string of the molecule is COC(=O)OC1CNCCCN1S(=O)(=O)c1cc(C#N)ccc1Oc1cc(Cl)cc(Cl)c1. The van der Waals surface area contributed by atoms with Gasteiger partial charge in [-0.05, 0) is 49.4 Å². The summed E-state index contributed by atoms with van der Waals surface area (Å²) in [5.74, 6) is 0.167. The summed E-state index contributed by atoms with van der Waals surface area (Å²) in [6.07, 6.45) is -1.71. The number of nitrogens with one attached hydrogen (secondary N) is 1. The highest BCUT2D eigenvalue weighted by molar-refractivity contribution is 7.89. The Morgan fingerprint density at radius 2 is 1.94 bits per heavy atom. The van der Waals surface area contributed by atoms with Crippen molar-refractivity contribution in [1.82, 2.24) is 9.62 Å². The lowest BCUT2D eigenvalue weighted by atomic mass is 10.2. The maximum absolute atomic E-state index is 13.7. The number of hydrogen-bond acceptors (Lipinski definition) is 8. The fourth-order valence-corrected chi connectivity index (χ4v) is 5.27. The molecule has 12 heteroatoms. The summed E-state index contributed by atoms with van der Waals surface area (Å²) in [5, 5.41) is 12.9. The van der Waals surface area contributed by atoms with Crippen molar-refractivity contribution < 1.29 is 27.4 Å². The van der Waals surface area contributed by atoms with E-state index in [1.165, 1.54) is 36.4 Å². The first-order valence-corrected chi connectivity index (χ1v) is 11.6. The van der Waals surface area contributed by atoms with E-state index in [0.29, 0.717) is 23.0 Å². The third-order valence-electron chi connectivity index (χ3n) is 4.49. The monoisotopic (exact) mass is 499 g/mol. The fraction of sp³-hybridized carbons (Fsp3) is 0.300. The van der Waals surface area contributed by atoms with E-state index in [9.17, 15) is 18.5 Å². The van der Waals surface area contributed by atoms with Gasteiger partial charge >= 0.3 is 6.16 Å². The van der Waals surface area contributed by atoms with Crippen LogP contribution in [0.25, 0.3) is 0 Å². The summed E-state index contributed by atoms with van der Waals surface area (Å²) < 4.78 is 43.8. The van der Waals surface area contributed by atoms with Gasteiger partial charge in [-0.2, -0.15) is 9.57 Å². The zero-order chi connectivity index (χ0) is 23.3. The van der Waals surface area contributed by atoms with Crippen molar-refractivity contribution >= 4 is 39.4 Å². The smallest absolute Gasteiger partial charge is 0.456 e. The van der Waals surface area contributed by atoms with E-state index in [1.807, 2.05) is 6.07 Å². The lowest BCUT2D eigenvalue weighted by Gasteiger charge is -2.28. The zero-order valence-electron chi connectivity index (χ0n) is 16.9. The van der Waals surface area contributed by atoms with Crippen molar-refractivity contribution in [2.45, 2.75) is 17.5 Å². The highest BCUT2D eigenvalue weighted by Crippen LogP contribution is 2.35. The molecule has 0 radical (unpaired) electrons. The molecule has 3 rings (SSSR count). The van der Waals surface area contributed by atoms with Crippen LogP contribution in [0.15, 0.2) is 41.3 Å². The van der Waals surface area contributed by atoms with Gasteiger partial charge in [-0.15, -0.1) is 0 Å². The summed E-state index contributed by atoms with van der Waals surface area (Å²) in [4.78, 5) is 11.4. The van der Waals surface area contributed by atoms with Gasteiger partial charge in [0.05, 0.1) is 18.7 Å². The van der Waals surface area contributed by atoms with Gasteiger partial charge in [0.15, 0.2) is 6.23 Å². The molecule has 0 spiro atoms. The second-order valence-electron chi connectivity index (χ2n) is 6.68. The Bertz CT molecular complexity index is 1130. The highest BCUT2D eigenvalue weighted by Gasteiger charge is 2.37. The lowest BCUT2D eigenvalue weighted by Crippen LogP contribution is -2.46. The van der Waals surface area contributed by atoms with Crippen LogP contribution in [0.4, 0.5) is 4.79 Å². The van der Waals surface area contributed by atoms with Crippen LogP contribution in [0.3, 0.4) is 0 Å². The molecule has 1 saturated heterocycles. The molecule has 9 nitrogen and oxygen atoms in total. The van der Waals surface area contributed by atoms with Crippen molar-refractivity contribution in [3.63, 3.8) is 0 Å². The van der Waals surface area contributed by atoms with Gasteiger partial charge in [-0.25, -0.2) is 13.2 Å². The van der Waals surface area contributed by atoms with Crippen molar-refractivity contribution in [3.05, 3.63) is 52.0 Å². The molecular formula is C20H19Cl2N3O6S. The third kappa shape index (κ3) is 5.62. The van der Waals surface area contributed by atoms with E-state index in [1.54, 1.807) is 0 Å². The van der Waals surface area contributed by atoms with Gasteiger partial charge in [0, 0.05) is 23.1 Å². The van der Waals surface area contributed by atoms with E-state index in [-0.39, 0.29) is 35.0 Å². The number of hydrogen-bond donors (Lipinski definition) is 1. The minimum absolute atomic E-state index is 0.0450. The molecule has 0 aliphatic carbocycles. The van der Waals surface area contributed by atoms with Gasteiger partial charge in [0.1, 0.15) is 16.4 Å². The summed E-state index contributed by atoms with van der Waals surface area (Å²) in [5.41, 5.74) is 0.110. The largest absolute Gasteiger partial charge is 0.509 e. The summed E-state index contributed by atoms with van der Waals surface area (Å²) in [6.45, 7) is 0.651. The molecule has 1 heterocycles. The molecule has 1 N–H and O–H groups in total. The standard InChI is InChI=1S/C20H19Cl2N3O6S/c1-29-20(26)31-19-12-24-5-2-6-25(19)32(27,28)18-7-13(11-23)3-4-17(18)30-16-9-14(21)8-15(22)10-16/h3-4,7-10,19,24H,2,5-6,12H2,1H3. The topological polar surface area (TPSA) is 118 Å². The number of ether oxygens (including phenoxy) is 3. The van der Waals surface area contributed by atoms with Crippen LogP contribution < -0.4 is 10.1 Å². The molecule has 1 aliphatic rings. The number of nitriles is 1. The second kappa shape index (κ2) is 10.4. The maximum Gasteiger partial charge on any atom is 0.509 e. The van der Waals surface area contributed by atoms with Gasteiger partial charge in [0.2, 0.25) is 10.0 Å².